The molecule has 1 fully saturated rings. The average Bonchev–Trinajstić information content (AvgIpc) is 2.99. The predicted molar refractivity (Wildman–Crippen MR) is 120 cm³/mol. The lowest BCUT2D eigenvalue weighted by Gasteiger charge is -2.47. The Morgan fingerprint density at radius 3 is 2.76 bits per heavy atom. The Kier molecular flexibility index (Phi) is 5.80. The Bertz CT molecular complexity index is 904. The lowest BCUT2D eigenvalue weighted by molar-refractivity contribution is 0.0980. The number of piperidine rings is 1. The van der Waals surface area contributed by atoms with Gasteiger partial charge in [0, 0.05) is 48.5 Å². The van der Waals surface area contributed by atoms with Crippen molar-refractivity contribution in [3.05, 3.63) is 34.0 Å². The molecule has 0 bridgehead atoms. The van der Waals surface area contributed by atoms with Gasteiger partial charge in [-0.05, 0) is 69.3 Å². The highest BCUT2D eigenvalue weighted by atomic mass is 35.5. The minimum atomic E-state index is 0.0606. The number of benzene rings is 1. The van der Waals surface area contributed by atoms with E-state index in [2.05, 4.69) is 41.2 Å². The summed E-state index contributed by atoms with van der Waals surface area (Å²) in [5.41, 5.74) is 5.07. The van der Waals surface area contributed by atoms with E-state index >= 15 is 0 Å². The van der Waals surface area contributed by atoms with Gasteiger partial charge < -0.3 is 15.2 Å². The molecule has 2 amide bonds. The predicted octanol–water partition coefficient (Wildman–Crippen LogP) is 4.67. The second-order valence-corrected chi connectivity index (χ2v) is 9.00. The average molecular weight is 417 g/mol. The van der Waals surface area contributed by atoms with Crippen LogP contribution >= 0.6 is 11.6 Å². The van der Waals surface area contributed by atoms with Crippen LogP contribution in [-0.2, 0) is 6.42 Å². The van der Waals surface area contributed by atoms with Crippen molar-refractivity contribution in [1.82, 2.24) is 20.1 Å². The number of rotatable bonds is 5. The highest BCUT2D eigenvalue weighted by molar-refractivity contribution is 6.32. The molecule has 1 aromatic heterocycles. The molecule has 1 aromatic carbocycles. The molecular formula is C23H33ClN4O. The molecule has 2 aliphatic rings. The number of urea groups is 1. The summed E-state index contributed by atoms with van der Waals surface area (Å²) in [6.45, 7) is 11.9. The highest BCUT2D eigenvalue weighted by Crippen LogP contribution is 2.46. The number of nitrogens with zero attached hydrogens (tertiary/aromatic N) is 2. The van der Waals surface area contributed by atoms with Crippen molar-refractivity contribution in [3.8, 4) is 0 Å². The number of hydrogen-bond donors (Lipinski definition) is 2. The molecule has 3 atom stereocenters. The lowest BCUT2D eigenvalue weighted by atomic mass is 9.73. The van der Waals surface area contributed by atoms with Crippen molar-refractivity contribution in [2.45, 2.75) is 65.0 Å². The van der Waals surface area contributed by atoms with Crippen LogP contribution in [-0.4, -0.2) is 59.1 Å². The topological polar surface area (TPSA) is 51.4 Å². The third-order valence-corrected chi connectivity index (χ3v) is 7.08. The number of aromatic nitrogens is 1. The maximum Gasteiger partial charge on any atom is 0.317 e. The molecular weight excluding hydrogens is 384 g/mol. The lowest BCUT2D eigenvalue weighted by Crippen LogP contribution is -2.57. The summed E-state index contributed by atoms with van der Waals surface area (Å²) in [4.78, 5) is 20.6. The van der Waals surface area contributed by atoms with Crippen LogP contribution in [0, 0.1) is 6.92 Å². The third kappa shape index (κ3) is 3.64. The van der Waals surface area contributed by atoms with Crippen molar-refractivity contribution < 1.29 is 4.79 Å². The van der Waals surface area contributed by atoms with Gasteiger partial charge >= 0.3 is 6.03 Å². The zero-order valence-corrected chi connectivity index (χ0v) is 18.8. The molecule has 5 nitrogen and oxygen atoms in total. The molecule has 1 aliphatic carbocycles. The number of H-pyrrole nitrogens is 1. The van der Waals surface area contributed by atoms with Crippen LogP contribution < -0.4 is 5.32 Å². The van der Waals surface area contributed by atoms with Crippen LogP contribution in [0.4, 0.5) is 4.79 Å². The van der Waals surface area contributed by atoms with Gasteiger partial charge in [-0.3, -0.25) is 4.90 Å². The summed E-state index contributed by atoms with van der Waals surface area (Å²) in [5.74, 6) is 0.416. The van der Waals surface area contributed by atoms with E-state index in [1.807, 2.05) is 18.7 Å². The van der Waals surface area contributed by atoms with Crippen LogP contribution in [0.5, 0.6) is 0 Å². The molecule has 2 heterocycles. The standard InChI is InChI=1S/C23H33ClN4O/c1-5-8-28-13-15(25-23(29)27(6-2)7-3)11-16-17-9-14(4)10-19-21(17)18(12-20(16)28)22(24)26-19/h9-10,15-16,20,26H,5-8,11-13H2,1-4H3,(H,25,29)/t15-,16?,20+/m0/s1. The fourth-order valence-electron chi connectivity index (χ4n) is 5.49. The molecule has 0 saturated carbocycles. The number of amides is 2. The van der Waals surface area contributed by atoms with Crippen LogP contribution in [0.15, 0.2) is 12.1 Å². The van der Waals surface area contributed by atoms with Crippen molar-refractivity contribution in [2.24, 2.45) is 0 Å². The summed E-state index contributed by atoms with van der Waals surface area (Å²) >= 11 is 6.61. The Labute approximate surface area is 178 Å². The summed E-state index contributed by atoms with van der Waals surface area (Å²) in [5, 5.41) is 5.43. The van der Waals surface area contributed by atoms with E-state index in [4.69, 9.17) is 11.6 Å². The summed E-state index contributed by atoms with van der Waals surface area (Å²) in [6.07, 6.45) is 3.08. The maximum absolute atomic E-state index is 12.7. The van der Waals surface area contributed by atoms with E-state index in [0.717, 1.165) is 56.1 Å². The van der Waals surface area contributed by atoms with Gasteiger partial charge in [-0.15, -0.1) is 0 Å². The van der Waals surface area contributed by atoms with Gasteiger partial charge in [0.25, 0.3) is 0 Å². The Balaban J connectivity index is 1.69. The van der Waals surface area contributed by atoms with Crippen molar-refractivity contribution in [1.29, 1.82) is 0 Å². The molecule has 2 aromatic rings. The molecule has 29 heavy (non-hydrogen) atoms. The fraction of sp³-hybridized carbons (Fsp3) is 0.609. The van der Waals surface area contributed by atoms with Gasteiger partial charge in [0.15, 0.2) is 0 Å². The summed E-state index contributed by atoms with van der Waals surface area (Å²) in [7, 11) is 0. The first kappa shape index (κ1) is 20.5. The smallest absolute Gasteiger partial charge is 0.317 e. The number of fused-ring (bicyclic) bond motifs is 2. The molecule has 1 saturated heterocycles. The van der Waals surface area contributed by atoms with E-state index < -0.39 is 0 Å². The zero-order valence-electron chi connectivity index (χ0n) is 18.0. The number of aryl methyl sites for hydroxylation is 1. The van der Waals surface area contributed by atoms with E-state index in [1.165, 1.54) is 22.1 Å². The molecule has 6 heteroatoms. The Hall–Kier alpha value is -1.72. The van der Waals surface area contributed by atoms with Gasteiger partial charge in [0.05, 0.1) is 0 Å². The minimum absolute atomic E-state index is 0.0606. The van der Waals surface area contributed by atoms with E-state index in [0.29, 0.717) is 12.0 Å². The van der Waals surface area contributed by atoms with Crippen LogP contribution in [0.25, 0.3) is 10.9 Å². The second kappa shape index (κ2) is 8.19. The number of carbonyl (C=O) groups excluding carboxylic acids is 1. The van der Waals surface area contributed by atoms with Crippen LogP contribution in [0.3, 0.4) is 0 Å². The van der Waals surface area contributed by atoms with Crippen molar-refractivity contribution in [2.75, 3.05) is 26.2 Å². The first-order valence-electron chi connectivity index (χ1n) is 11.1. The molecule has 0 radical (unpaired) electrons. The van der Waals surface area contributed by atoms with Gasteiger partial charge in [0.1, 0.15) is 5.15 Å². The monoisotopic (exact) mass is 416 g/mol. The summed E-state index contributed by atoms with van der Waals surface area (Å²) in [6, 6.07) is 5.21. The molecule has 1 aliphatic heterocycles. The highest BCUT2D eigenvalue weighted by Gasteiger charge is 2.42. The zero-order chi connectivity index (χ0) is 20.7. The molecule has 1 unspecified atom stereocenters. The molecule has 4 rings (SSSR count). The molecule has 158 valence electrons. The quantitative estimate of drug-likeness (QED) is 0.743. The maximum atomic E-state index is 12.7. The molecule has 0 spiro atoms. The minimum Gasteiger partial charge on any atom is -0.345 e. The number of aromatic amines is 1. The molecule has 2 N–H and O–H groups in total. The Morgan fingerprint density at radius 1 is 1.31 bits per heavy atom. The summed E-state index contributed by atoms with van der Waals surface area (Å²) < 4.78 is 0. The van der Waals surface area contributed by atoms with Crippen molar-refractivity contribution in [3.63, 3.8) is 0 Å². The number of nitrogens with one attached hydrogen (secondary N) is 2. The van der Waals surface area contributed by atoms with Gasteiger partial charge in [-0.25, -0.2) is 4.79 Å². The SMILES string of the molecule is CCCN1C[C@@H](NC(=O)N(CC)CC)CC2c3cc(C)cc4[nH]c(Cl)c(c34)C[C@H]21. The normalized spacial score (nSPS) is 23.8. The van der Waals surface area contributed by atoms with Crippen LogP contribution in [0.2, 0.25) is 5.15 Å². The number of halogens is 1. The first-order valence-corrected chi connectivity index (χ1v) is 11.4. The first-order chi connectivity index (χ1) is 14.0. The van der Waals surface area contributed by atoms with E-state index in [1.54, 1.807) is 0 Å². The van der Waals surface area contributed by atoms with Gasteiger partial charge in [0.2, 0.25) is 0 Å². The van der Waals surface area contributed by atoms with Crippen molar-refractivity contribution >= 4 is 28.5 Å². The van der Waals surface area contributed by atoms with E-state index in [-0.39, 0.29) is 12.1 Å². The second-order valence-electron chi connectivity index (χ2n) is 8.62. The largest absolute Gasteiger partial charge is 0.345 e. The number of likely N-dealkylation sites (tertiary alicyclic amines) is 1. The fourth-order valence-corrected chi connectivity index (χ4v) is 5.76. The van der Waals surface area contributed by atoms with Crippen LogP contribution in [0.1, 0.15) is 56.2 Å². The van der Waals surface area contributed by atoms with Gasteiger partial charge in [-0.1, -0.05) is 24.6 Å². The number of hydrogen-bond acceptors (Lipinski definition) is 2. The van der Waals surface area contributed by atoms with E-state index in [9.17, 15) is 4.79 Å². The third-order valence-electron chi connectivity index (χ3n) is 6.75. The van der Waals surface area contributed by atoms with Gasteiger partial charge in [-0.2, -0.15) is 0 Å². The number of carbonyl (C=O) groups is 1. The Morgan fingerprint density at radius 2 is 2.07 bits per heavy atom.